The molecule has 1 atom stereocenters. The average molecular weight is 583 g/mol. The van der Waals surface area contributed by atoms with Crippen LogP contribution in [0, 0.1) is 10.1 Å². The number of nitro benzene ring substituents is 1. The van der Waals surface area contributed by atoms with Crippen molar-refractivity contribution in [2.24, 2.45) is 0 Å². The number of unbranched alkanes of at least 4 members (excludes halogenated alkanes) is 13. The van der Waals surface area contributed by atoms with Crippen molar-refractivity contribution in [2.45, 2.75) is 103 Å². The van der Waals surface area contributed by atoms with Gasteiger partial charge < -0.3 is 10.0 Å². The van der Waals surface area contributed by atoms with Crippen molar-refractivity contribution in [3.8, 4) is 0 Å². The van der Waals surface area contributed by atoms with Crippen LogP contribution in [0.4, 0.5) is 5.69 Å². The lowest BCUT2D eigenvalue weighted by Crippen LogP contribution is -2.30. The van der Waals surface area contributed by atoms with Gasteiger partial charge in [0.15, 0.2) is 0 Å². The molecule has 0 radical (unpaired) electrons. The predicted octanol–water partition coefficient (Wildman–Crippen LogP) is 9.15. The minimum absolute atomic E-state index is 0.0171. The summed E-state index contributed by atoms with van der Waals surface area (Å²) in [6.45, 7) is 2.64. The fourth-order valence-electron chi connectivity index (χ4n) is 5.48. The highest BCUT2D eigenvalue weighted by atomic mass is 35.5. The van der Waals surface area contributed by atoms with Crippen LogP contribution in [-0.4, -0.2) is 33.2 Å². The Balaban J connectivity index is 1.56. The van der Waals surface area contributed by atoms with Crippen molar-refractivity contribution < 1.29 is 19.6 Å². The highest BCUT2D eigenvalue weighted by molar-refractivity contribution is 6.46. The van der Waals surface area contributed by atoms with Gasteiger partial charge in [-0.2, -0.15) is 0 Å². The molecule has 0 aliphatic carbocycles. The molecule has 1 saturated heterocycles. The first kappa shape index (κ1) is 32.3. The van der Waals surface area contributed by atoms with Crippen LogP contribution < -0.4 is 0 Å². The third-order valence-corrected chi connectivity index (χ3v) is 8.08. The van der Waals surface area contributed by atoms with E-state index in [1.807, 2.05) is 0 Å². The van der Waals surface area contributed by atoms with Gasteiger partial charge >= 0.3 is 0 Å². The second-order valence-corrected chi connectivity index (χ2v) is 11.4. The smallest absolute Gasteiger partial charge is 0.295 e. The Bertz CT molecular complexity index is 1180. The van der Waals surface area contributed by atoms with E-state index < -0.39 is 22.7 Å². The zero-order chi connectivity index (χ0) is 29.6. The number of carbonyl (C=O) groups excluding carboxylic acids is 2. The Labute approximate surface area is 248 Å². The highest BCUT2D eigenvalue weighted by Gasteiger charge is 2.45. The van der Waals surface area contributed by atoms with Gasteiger partial charge in [0.25, 0.3) is 17.4 Å². The summed E-state index contributed by atoms with van der Waals surface area (Å²) in [5, 5.41) is 22.7. The average Bonchev–Trinajstić information content (AvgIpc) is 3.22. The first-order valence-corrected chi connectivity index (χ1v) is 15.5. The Morgan fingerprint density at radius 3 is 1.78 bits per heavy atom. The van der Waals surface area contributed by atoms with E-state index in [1.54, 1.807) is 24.3 Å². The molecule has 1 aliphatic heterocycles. The first-order chi connectivity index (χ1) is 19.8. The molecular weight excluding hydrogens is 540 g/mol. The number of hydrogen-bond acceptors (Lipinski definition) is 5. The zero-order valence-corrected chi connectivity index (χ0v) is 24.9. The van der Waals surface area contributed by atoms with Gasteiger partial charge in [-0.15, -0.1) is 0 Å². The molecule has 1 N–H and O–H groups in total. The molecule has 2 aromatic carbocycles. The molecule has 1 fully saturated rings. The second kappa shape index (κ2) is 16.9. The SMILES string of the molecule is CCCCCCCCCCCCCCCCN1C(=O)C(=O)/C(=C(/O)c2ccc([N+](=O)[O-])cc2)[C@H]1c1ccc(Cl)cc1. The molecular formula is C33H43ClN2O5. The van der Waals surface area contributed by atoms with Crippen LogP contribution in [-0.2, 0) is 9.59 Å². The van der Waals surface area contributed by atoms with Gasteiger partial charge in [-0.3, -0.25) is 19.7 Å². The van der Waals surface area contributed by atoms with Crippen molar-refractivity contribution in [1.29, 1.82) is 0 Å². The van der Waals surface area contributed by atoms with E-state index in [0.717, 1.165) is 25.7 Å². The molecule has 0 spiro atoms. The molecule has 7 nitrogen and oxygen atoms in total. The Morgan fingerprint density at radius 2 is 1.29 bits per heavy atom. The van der Waals surface area contributed by atoms with Crippen molar-refractivity contribution in [3.05, 3.63) is 80.4 Å². The molecule has 222 valence electrons. The number of nitro groups is 1. The molecule has 41 heavy (non-hydrogen) atoms. The van der Waals surface area contributed by atoms with Gasteiger partial charge in [0.1, 0.15) is 5.76 Å². The third kappa shape index (κ3) is 9.42. The van der Waals surface area contributed by atoms with Gasteiger partial charge in [0.2, 0.25) is 0 Å². The van der Waals surface area contributed by atoms with Crippen molar-refractivity contribution in [2.75, 3.05) is 6.54 Å². The van der Waals surface area contributed by atoms with E-state index in [9.17, 15) is 24.8 Å². The molecule has 1 heterocycles. The molecule has 0 unspecified atom stereocenters. The number of aliphatic hydroxyl groups excluding tert-OH is 1. The van der Waals surface area contributed by atoms with E-state index in [-0.39, 0.29) is 22.6 Å². The lowest BCUT2D eigenvalue weighted by atomic mass is 9.95. The highest BCUT2D eigenvalue weighted by Crippen LogP contribution is 2.40. The minimum atomic E-state index is -0.760. The molecule has 0 aromatic heterocycles. The van der Waals surface area contributed by atoms with Gasteiger partial charge in [-0.1, -0.05) is 114 Å². The lowest BCUT2D eigenvalue weighted by molar-refractivity contribution is -0.384. The van der Waals surface area contributed by atoms with Gasteiger partial charge in [0.05, 0.1) is 16.5 Å². The summed E-state index contributed by atoms with van der Waals surface area (Å²) in [6, 6.07) is 11.4. The number of benzene rings is 2. The summed E-state index contributed by atoms with van der Waals surface area (Å²) in [5.74, 6) is -1.75. The Kier molecular flexibility index (Phi) is 13.3. The van der Waals surface area contributed by atoms with Gasteiger partial charge in [-0.05, 0) is 36.2 Å². The van der Waals surface area contributed by atoms with Crippen LogP contribution in [0.2, 0.25) is 5.02 Å². The van der Waals surface area contributed by atoms with Crippen LogP contribution in [0.3, 0.4) is 0 Å². The maximum absolute atomic E-state index is 13.2. The zero-order valence-electron chi connectivity index (χ0n) is 24.2. The monoisotopic (exact) mass is 582 g/mol. The quantitative estimate of drug-likeness (QED) is 0.0471. The van der Waals surface area contributed by atoms with E-state index in [2.05, 4.69) is 6.92 Å². The number of hydrogen-bond donors (Lipinski definition) is 1. The van der Waals surface area contributed by atoms with Crippen molar-refractivity contribution in [1.82, 2.24) is 4.90 Å². The number of non-ortho nitro benzene ring substituents is 1. The van der Waals surface area contributed by atoms with Crippen LogP contribution in [0.1, 0.15) is 114 Å². The number of halogens is 1. The molecule has 0 saturated carbocycles. The van der Waals surface area contributed by atoms with Crippen LogP contribution in [0.15, 0.2) is 54.1 Å². The fourth-order valence-corrected chi connectivity index (χ4v) is 5.60. The number of aliphatic hydroxyl groups is 1. The molecule has 2 aromatic rings. The standard InChI is InChI=1S/C33H43ClN2O5/c1-2-3-4-5-6-7-8-9-10-11-12-13-14-15-24-35-30(25-16-20-27(34)21-17-25)29(32(38)33(35)39)31(37)26-18-22-28(23-19-26)36(40)41/h16-23,30,37H,2-15,24H2,1H3/b31-29+/t30-/m1/s1. The molecule has 3 rings (SSSR count). The predicted molar refractivity (Wildman–Crippen MR) is 164 cm³/mol. The summed E-state index contributed by atoms with van der Waals surface area (Å²) in [5.41, 5.74) is 0.761. The molecule has 8 heteroatoms. The topological polar surface area (TPSA) is 101 Å². The van der Waals surface area contributed by atoms with E-state index >= 15 is 0 Å². The summed E-state index contributed by atoms with van der Waals surface area (Å²) in [6.07, 6.45) is 17.2. The molecule has 1 aliphatic rings. The normalized spacial score (nSPS) is 16.4. The number of nitrogens with zero attached hydrogens (tertiary/aromatic N) is 2. The lowest BCUT2D eigenvalue weighted by Gasteiger charge is -2.25. The fraction of sp³-hybridized carbons (Fsp3) is 0.515. The van der Waals surface area contributed by atoms with Crippen LogP contribution >= 0.6 is 11.6 Å². The van der Waals surface area contributed by atoms with E-state index in [0.29, 0.717) is 17.1 Å². The number of amides is 1. The summed E-state index contributed by atoms with van der Waals surface area (Å²) in [7, 11) is 0. The number of Topliss-reactive ketones (excluding diaryl/α,β-unsaturated/α-hetero) is 1. The maximum Gasteiger partial charge on any atom is 0.295 e. The van der Waals surface area contributed by atoms with Crippen LogP contribution in [0.5, 0.6) is 0 Å². The summed E-state index contributed by atoms with van der Waals surface area (Å²) < 4.78 is 0. The van der Waals surface area contributed by atoms with Gasteiger partial charge in [-0.25, -0.2) is 0 Å². The van der Waals surface area contributed by atoms with Gasteiger partial charge in [0, 0.05) is 29.3 Å². The molecule has 1 amide bonds. The Morgan fingerprint density at radius 1 is 0.805 bits per heavy atom. The number of ketones is 1. The molecule has 0 bridgehead atoms. The number of carbonyl (C=O) groups is 2. The minimum Gasteiger partial charge on any atom is -0.507 e. The second-order valence-electron chi connectivity index (χ2n) is 10.9. The van der Waals surface area contributed by atoms with E-state index in [4.69, 9.17) is 11.6 Å². The third-order valence-electron chi connectivity index (χ3n) is 7.83. The first-order valence-electron chi connectivity index (χ1n) is 15.1. The largest absolute Gasteiger partial charge is 0.507 e. The summed E-state index contributed by atoms with van der Waals surface area (Å²) >= 11 is 6.09. The van der Waals surface area contributed by atoms with Crippen LogP contribution in [0.25, 0.3) is 5.76 Å². The van der Waals surface area contributed by atoms with Crippen molar-refractivity contribution in [3.63, 3.8) is 0 Å². The van der Waals surface area contributed by atoms with E-state index in [1.165, 1.54) is 93.4 Å². The Hall–Kier alpha value is -3.19. The van der Waals surface area contributed by atoms with Crippen molar-refractivity contribution >= 4 is 34.7 Å². The number of likely N-dealkylation sites (tertiary alicyclic amines) is 1. The summed E-state index contributed by atoms with van der Waals surface area (Å²) in [4.78, 5) is 38.3. The maximum atomic E-state index is 13.2. The number of rotatable bonds is 18.